The summed E-state index contributed by atoms with van der Waals surface area (Å²) in [5, 5.41) is 9.28. The summed E-state index contributed by atoms with van der Waals surface area (Å²) in [6.45, 7) is 4.87. The number of nitrogens with zero attached hydrogens (tertiary/aromatic N) is 1. The SMILES string of the molecule is Cc1c(CO)cccc1S(=O)(=O)N1CCCOC(C)C1. The Labute approximate surface area is 120 Å². The van der Waals surface area contributed by atoms with Gasteiger partial charge in [-0.25, -0.2) is 8.42 Å². The van der Waals surface area contributed by atoms with Crippen molar-refractivity contribution in [3.8, 4) is 0 Å². The molecule has 1 heterocycles. The van der Waals surface area contributed by atoms with Gasteiger partial charge < -0.3 is 9.84 Å². The Morgan fingerprint density at radius 1 is 1.45 bits per heavy atom. The van der Waals surface area contributed by atoms with Crippen molar-refractivity contribution in [3.05, 3.63) is 29.3 Å². The van der Waals surface area contributed by atoms with Crippen LogP contribution < -0.4 is 0 Å². The number of aliphatic hydroxyl groups is 1. The molecule has 0 amide bonds. The van der Waals surface area contributed by atoms with E-state index in [1.54, 1.807) is 25.1 Å². The fourth-order valence-electron chi connectivity index (χ4n) is 2.42. The van der Waals surface area contributed by atoms with Crippen molar-refractivity contribution in [2.45, 2.75) is 37.9 Å². The summed E-state index contributed by atoms with van der Waals surface area (Å²) >= 11 is 0. The molecular weight excluding hydrogens is 278 g/mol. The Kier molecular flexibility index (Phi) is 4.80. The summed E-state index contributed by atoms with van der Waals surface area (Å²) in [4.78, 5) is 0.276. The van der Waals surface area contributed by atoms with Crippen LogP contribution in [0.4, 0.5) is 0 Å². The van der Waals surface area contributed by atoms with E-state index >= 15 is 0 Å². The van der Waals surface area contributed by atoms with Crippen LogP contribution in [-0.4, -0.2) is 43.6 Å². The summed E-state index contributed by atoms with van der Waals surface area (Å²) < 4.78 is 32.5. The number of aliphatic hydroxyl groups excluding tert-OH is 1. The lowest BCUT2D eigenvalue weighted by molar-refractivity contribution is 0.0752. The van der Waals surface area contributed by atoms with Gasteiger partial charge in [0.2, 0.25) is 10.0 Å². The van der Waals surface area contributed by atoms with E-state index in [2.05, 4.69) is 0 Å². The van der Waals surface area contributed by atoms with Crippen LogP contribution in [-0.2, 0) is 21.4 Å². The second-order valence-corrected chi connectivity index (χ2v) is 7.00. The van der Waals surface area contributed by atoms with Crippen molar-refractivity contribution in [2.24, 2.45) is 0 Å². The van der Waals surface area contributed by atoms with Gasteiger partial charge in [0.1, 0.15) is 0 Å². The highest BCUT2D eigenvalue weighted by Gasteiger charge is 2.29. The minimum Gasteiger partial charge on any atom is -0.392 e. The maximum Gasteiger partial charge on any atom is 0.243 e. The van der Waals surface area contributed by atoms with Crippen molar-refractivity contribution in [2.75, 3.05) is 19.7 Å². The molecule has 112 valence electrons. The molecular formula is C14H21NO4S. The standard InChI is InChI=1S/C14H21NO4S/c1-11-9-15(7-4-8-19-11)20(17,18)14-6-3-5-13(10-16)12(14)2/h3,5-6,11,16H,4,7-10H2,1-2H3. The quantitative estimate of drug-likeness (QED) is 0.913. The highest BCUT2D eigenvalue weighted by Crippen LogP contribution is 2.24. The highest BCUT2D eigenvalue weighted by atomic mass is 32.2. The summed E-state index contributed by atoms with van der Waals surface area (Å²) in [5.74, 6) is 0. The van der Waals surface area contributed by atoms with Gasteiger partial charge in [0, 0.05) is 19.7 Å². The van der Waals surface area contributed by atoms with Gasteiger partial charge in [0.05, 0.1) is 17.6 Å². The summed E-state index contributed by atoms with van der Waals surface area (Å²) in [6.07, 6.45) is 0.594. The molecule has 1 unspecified atom stereocenters. The number of ether oxygens (including phenoxy) is 1. The zero-order valence-corrected chi connectivity index (χ0v) is 12.7. The number of rotatable bonds is 3. The molecule has 6 heteroatoms. The summed E-state index contributed by atoms with van der Waals surface area (Å²) in [5.41, 5.74) is 1.26. The van der Waals surface area contributed by atoms with Crippen LogP contribution in [0.1, 0.15) is 24.5 Å². The predicted molar refractivity (Wildman–Crippen MR) is 75.9 cm³/mol. The van der Waals surface area contributed by atoms with Gasteiger partial charge in [0.25, 0.3) is 0 Å². The molecule has 0 saturated carbocycles. The molecule has 0 aromatic heterocycles. The van der Waals surface area contributed by atoms with Gasteiger partial charge in [0.15, 0.2) is 0 Å². The molecule has 1 aliphatic rings. The van der Waals surface area contributed by atoms with Crippen molar-refractivity contribution in [1.82, 2.24) is 4.31 Å². The number of sulfonamides is 1. The van der Waals surface area contributed by atoms with Gasteiger partial charge >= 0.3 is 0 Å². The van der Waals surface area contributed by atoms with Crippen molar-refractivity contribution in [3.63, 3.8) is 0 Å². The Hall–Kier alpha value is -0.950. The number of benzene rings is 1. The van der Waals surface area contributed by atoms with Gasteiger partial charge in [-0.05, 0) is 37.5 Å². The van der Waals surface area contributed by atoms with Crippen molar-refractivity contribution < 1.29 is 18.3 Å². The molecule has 1 aromatic carbocycles. The maximum absolute atomic E-state index is 12.8. The first-order chi connectivity index (χ1) is 9.46. The average molecular weight is 299 g/mol. The van der Waals surface area contributed by atoms with Crippen LogP contribution in [0.5, 0.6) is 0 Å². The average Bonchev–Trinajstić information content (AvgIpc) is 2.64. The molecule has 1 atom stereocenters. The second-order valence-electron chi connectivity index (χ2n) is 5.10. The van der Waals surface area contributed by atoms with Gasteiger partial charge in [-0.15, -0.1) is 0 Å². The predicted octanol–water partition coefficient (Wildman–Crippen LogP) is 1.29. The molecule has 1 fully saturated rings. The normalized spacial score (nSPS) is 21.6. The van der Waals surface area contributed by atoms with Crippen LogP contribution in [0.3, 0.4) is 0 Å². The summed E-state index contributed by atoms with van der Waals surface area (Å²) in [6, 6.07) is 5.01. The zero-order valence-electron chi connectivity index (χ0n) is 11.9. The van der Waals surface area contributed by atoms with Gasteiger partial charge in [-0.3, -0.25) is 0 Å². The van der Waals surface area contributed by atoms with Crippen LogP contribution in [0.2, 0.25) is 0 Å². The van der Waals surface area contributed by atoms with E-state index in [-0.39, 0.29) is 17.6 Å². The Balaban J connectivity index is 2.39. The molecule has 0 aliphatic carbocycles. The lowest BCUT2D eigenvalue weighted by Crippen LogP contribution is -2.36. The van der Waals surface area contributed by atoms with Crippen molar-refractivity contribution >= 4 is 10.0 Å². The van der Waals surface area contributed by atoms with E-state index in [1.165, 1.54) is 4.31 Å². The molecule has 0 radical (unpaired) electrons. The van der Waals surface area contributed by atoms with Gasteiger partial charge in [-0.2, -0.15) is 4.31 Å². The Morgan fingerprint density at radius 3 is 2.90 bits per heavy atom. The van der Waals surface area contributed by atoms with E-state index in [4.69, 9.17) is 4.74 Å². The number of hydrogen-bond acceptors (Lipinski definition) is 4. The fourth-order valence-corrected chi connectivity index (χ4v) is 4.25. The fraction of sp³-hybridized carbons (Fsp3) is 0.571. The molecule has 1 N–H and O–H groups in total. The molecule has 1 saturated heterocycles. The third-order valence-corrected chi connectivity index (χ3v) is 5.61. The maximum atomic E-state index is 12.8. The monoisotopic (exact) mass is 299 g/mol. The van der Waals surface area contributed by atoms with E-state index in [0.29, 0.717) is 37.2 Å². The molecule has 2 rings (SSSR count). The smallest absolute Gasteiger partial charge is 0.243 e. The lowest BCUT2D eigenvalue weighted by atomic mass is 10.1. The third kappa shape index (κ3) is 3.03. The van der Waals surface area contributed by atoms with Crippen LogP contribution >= 0.6 is 0 Å². The minimum atomic E-state index is -3.54. The lowest BCUT2D eigenvalue weighted by Gasteiger charge is -2.23. The molecule has 20 heavy (non-hydrogen) atoms. The molecule has 0 spiro atoms. The Bertz CT molecular complexity index is 571. The first-order valence-corrected chi connectivity index (χ1v) is 8.22. The highest BCUT2D eigenvalue weighted by molar-refractivity contribution is 7.89. The van der Waals surface area contributed by atoms with E-state index < -0.39 is 10.0 Å². The molecule has 0 bridgehead atoms. The summed E-state index contributed by atoms with van der Waals surface area (Å²) in [7, 11) is -3.54. The van der Waals surface area contributed by atoms with Crippen LogP contribution in [0, 0.1) is 6.92 Å². The number of hydrogen-bond donors (Lipinski definition) is 1. The van der Waals surface area contributed by atoms with E-state index in [1.807, 2.05) is 6.92 Å². The molecule has 1 aromatic rings. The first-order valence-electron chi connectivity index (χ1n) is 6.78. The second kappa shape index (κ2) is 6.22. The zero-order chi connectivity index (χ0) is 14.8. The van der Waals surface area contributed by atoms with Crippen LogP contribution in [0.15, 0.2) is 23.1 Å². The third-order valence-electron chi connectivity index (χ3n) is 3.60. The van der Waals surface area contributed by atoms with E-state index in [0.717, 1.165) is 0 Å². The van der Waals surface area contributed by atoms with Crippen LogP contribution in [0.25, 0.3) is 0 Å². The molecule has 1 aliphatic heterocycles. The molecule has 5 nitrogen and oxygen atoms in total. The van der Waals surface area contributed by atoms with E-state index in [9.17, 15) is 13.5 Å². The minimum absolute atomic E-state index is 0.103. The van der Waals surface area contributed by atoms with Gasteiger partial charge in [-0.1, -0.05) is 12.1 Å². The van der Waals surface area contributed by atoms with Crippen molar-refractivity contribution in [1.29, 1.82) is 0 Å². The Morgan fingerprint density at radius 2 is 2.20 bits per heavy atom. The topological polar surface area (TPSA) is 66.8 Å². The largest absolute Gasteiger partial charge is 0.392 e. The first kappa shape index (κ1) is 15.4.